The number of aryl methyl sites for hydroxylation is 2. The maximum absolute atomic E-state index is 2.44. The van der Waals surface area contributed by atoms with Crippen molar-refractivity contribution in [2.45, 2.75) is 19.9 Å². The number of rotatable bonds is 5. The molecule has 4 aromatic rings. The zero-order valence-electron chi connectivity index (χ0n) is 16.6. The van der Waals surface area contributed by atoms with E-state index in [1.54, 1.807) is 0 Å². The Morgan fingerprint density at radius 3 is 1.29 bits per heavy atom. The van der Waals surface area contributed by atoms with Crippen LogP contribution in [-0.2, 0) is 6.06 Å². The van der Waals surface area contributed by atoms with Crippen LogP contribution in [0.2, 0.25) is 0 Å². The summed E-state index contributed by atoms with van der Waals surface area (Å²) in [4.78, 5) is 0. The molecule has 0 aliphatic rings. The molecule has 0 bridgehead atoms. The summed E-state index contributed by atoms with van der Waals surface area (Å²) in [6.45, 7) is 4.44. The molecule has 3 aromatic carbocycles. The van der Waals surface area contributed by atoms with E-state index in [2.05, 4.69) is 123 Å². The van der Waals surface area contributed by atoms with Crippen LogP contribution in [0.3, 0.4) is 0 Å². The SMILES string of the molecule is Cc1c[b-](C[P+](c2ccccc2)(c2ccccc2)c2ccccc2)cc(C)c1. The molecule has 4 rings (SSSR count). The summed E-state index contributed by atoms with van der Waals surface area (Å²) in [7, 11) is -1.78. The minimum atomic E-state index is -1.78. The highest BCUT2D eigenvalue weighted by molar-refractivity contribution is 7.96. The van der Waals surface area contributed by atoms with Crippen LogP contribution in [0.25, 0.3) is 0 Å². The maximum atomic E-state index is 2.44. The largest absolute Gasteiger partial charge is 0.257 e. The van der Waals surface area contributed by atoms with Crippen molar-refractivity contribution in [1.82, 2.24) is 0 Å². The van der Waals surface area contributed by atoms with Gasteiger partial charge in [-0.25, -0.2) is 0 Å². The second kappa shape index (κ2) is 8.25. The molecular weight excluding hydrogens is 354 g/mol. The lowest BCUT2D eigenvalue weighted by Gasteiger charge is -2.32. The fourth-order valence-electron chi connectivity index (χ4n) is 4.41. The summed E-state index contributed by atoms with van der Waals surface area (Å²) < 4.78 is 0. The molecule has 138 valence electrons. The first-order valence-electron chi connectivity index (χ1n) is 9.95. The molecule has 0 spiro atoms. The van der Waals surface area contributed by atoms with E-state index in [-0.39, 0.29) is 0 Å². The van der Waals surface area contributed by atoms with E-state index in [0.717, 1.165) is 6.06 Å². The molecule has 2 heteroatoms. The highest BCUT2D eigenvalue weighted by Crippen LogP contribution is 2.56. The van der Waals surface area contributed by atoms with Crippen molar-refractivity contribution in [3.63, 3.8) is 0 Å². The first-order valence-corrected chi connectivity index (χ1v) is 11.9. The van der Waals surface area contributed by atoms with Crippen molar-refractivity contribution in [3.05, 3.63) is 120 Å². The third-order valence-electron chi connectivity index (χ3n) is 5.48. The Morgan fingerprint density at radius 1 is 0.571 bits per heavy atom. The minimum Gasteiger partial charge on any atom is -0.257 e. The first-order chi connectivity index (χ1) is 13.7. The third kappa shape index (κ3) is 3.73. The molecular formula is C26H26BP. The summed E-state index contributed by atoms with van der Waals surface area (Å²) in [5.41, 5.74) is 2.74. The minimum absolute atomic E-state index is 0.443. The summed E-state index contributed by atoms with van der Waals surface area (Å²) >= 11 is 0. The molecule has 1 heterocycles. The van der Waals surface area contributed by atoms with Gasteiger partial charge < -0.3 is 0 Å². The van der Waals surface area contributed by atoms with Crippen LogP contribution in [0.4, 0.5) is 0 Å². The lowest BCUT2D eigenvalue weighted by Crippen LogP contribution is -2.34. The van der Waals surface area contributed by atoms with Crippen molar-refractivity contribution in [2.75, 3.05) is 0 Å². The van der Waals surface area contributed by atoms with Gasteiger partial charge in [0.05, 0.1) is 7.26 Å². The molecule has 1 aromatic heterocycles. The Morgan fingerprint density at radius 2 is 0.929 bits per heavy atom. The molecule has 0 nitrogen and oxygen atoms in total. The van der Waals surface area contributed by atoms with Gasteiger partial charge in [0, 0.05) is 0 Å². The predicted octanol–water partition coefficient (Wildman–Crippen LogP) is 5.28. The van der Waals surface area contributed by atoms with Gasteiger partial charge in [0.15, 0.2) is 0 Å². The summed E-state index contributed by atoms with van der Waals surface area (Å²) in [5.74, 6) is 4.88. The second-order valence-corrected chi connectivity index (χ2v) is 11.2. The smallest absolute Gasteiger partial charge is 0.101 e. The number of hydrogen-bond acceptors (Lipinski definition) is 0. The molecule has 0 aliphatic heterocycles. The van der Waals surface area contributed by atoms with E-state index >= 15 is 0 Å². The third-order valence-corrected chi connectivity index (χ3v) is 9.99. The van der Waals surface area contributed by atoms with Gasteiger partial charge in [0.1, 0.15) is 15.9 Å². The molecule has 0 unspecified atom stereocenters. The van der Waals surface area contributed by atoms with Crippen LogP contribution in [0.1, 0.15) is 11.1 Å². The van der Waals surface area contributed by atoms with Gasteiger partial charge in [0.2, 0.25) is 0 Å². The average Bonchev–Trinajstić information content (AvgIpc) is 2.73. The van der Waals surface area contributed by atoms with Gasteiger partial charge in [-0.2, -0.15) is 0 Å². The van der Waals surface area contributed by atoms with Crippen molar-refractivity contribution in [3.8, 4) is 0 Å². The van der Waals surface area contributed by atoms with E-state index in [4.69, 9.17) is 0 Å². The lowest BCUT2D eigenvalue weighted by molar-refractivity contribution is 1.42. The normalized spacial score (nSPS) is 11.4. The quantitative estimate of drug-likeness (QED) is 0.413. The molecule has 0 N–H and O–H groups in total. The van der Waals surface area contributed by atoms with E-state index in [9.17, 15) is 0 Å². The zero-order chi connectivity index (χ0) is 19.4. The second-order valence-electron chi connectivity index (χ2n) is 7.63. The molecule has 0 saturated heterocycles. The average molecular weight is 380 g/mol. The van der Waals surface area contributed by atoms with Crippen molar-refractivity contribution in [1.29, 1.82) is 0 Å². The van der Waals surface area contributed by atoms with Crippen LogP contribution in [-0.4, -0.2) is 6.34 Å². The maximum Gasteiger partial charge on any atom is 0.101 e. The Balaban J connectivity index is 2.01. The van der Waals surface area contributed by atoms with Gasteiger partial charge in [-0.15, -0.1) is 0 Å². The Hall–Kier alpha value is -2.50. The molecule has 0 saturated carbocycles. The summed E-state index contributed by atoms with van der Waals surface area (Å²) in [6.07, 6.45) is 0.443. The Bertz CT molecular complexity index is 927. The topological polar surface area (TPSA) is 0 Å². The van der Waals surface area contributed by atoms with Gasteiger partial charge in [-0.05, 0) is 50.2 Å². The fourth-order valence-corrected chi connectivity index (χ4v) is 8.82. The van der Waals surface area contributed by atoms with Crippen molar-refractivity contribution < 1.29 is 0 Å². The van der Waals surface area contributed by atoms with E-state index in [0.29, 0.717) is 6.34 Å². The van der Waals surface area contributed by atoms with E-state index in [1.165, 1.54) is 27.0 Å². The summed E-state index contributed by atoms with van der Waals surface area (Å²) in [5, 5.41) is 4.37. The predicted molar refractivity (Wildman–Crippen MR) is 127 cm³/mol. The highest BCUT2D eigenvalue weighted by Gasteiger charge is 2.41. The van der Waals surface area contributed by atoms with Crippen LogP contribution in [0.5, 0.6) is 0 Å². The van der Waals surface area contributed by atoms with E-state index < -0.39 is 7.26 Å². The lowest BCUT2D eigenvalue weighted by atomic mass is 9.66. The van der Waals surface area contributed by atoms with Crippen molar-refractivity contribution >= 4 is 29.5 Å². The first kappa shape index (κ1) is 18.8. The molecule has 0 aliphatic carbocycles. The zero-order valence-corrected chi connectivity index (χ0v) is 17.5. The van der Waals surface area contributed by atoms with Gasteiger partial charge in [-0.3, -0.25) is 11.9 Å². The van der Waals surface area contributed by atoms with Gasteiger partial charge in [0.25, 0.3) is 0 Å². The molecule has 0 amide bonds. The molecule has 0 fully saturated rings. The molecule has 0 atom stereocenters. The van der Waals surface area contributed by atoms with Crippen molar-refractivity contribution in [2.24, 2.45) is 0 Å². The standard InChI is InChI=1S/C26H26BP/c1-22-18-23(2)20-27(19-22)21-28(24-12-6-3-7-13-24,25-14-8-4-9-15-25)26-16-10-5-11-17-26/h3-20H,21H2,1-2H3. The Labute approximate surface area is 169 Å². The number of benzene rings is 3. The van der Waals surface area contributed by atoms with Crippen LogP contribution in [0.15, 0.2) is 109 Å². The van der Waals surface area contributed by atoms with Crippen LogP contribution >= 0.6 is 7.26 Å². The summed E-state index contributed by atoms with van der Waals surface area (Å²) in [6, 6.07) is 36.9. The van der Waals surface area contributed by atoms with Crippen LogP contribution in [0, 0.1) is 13.8 Å². The van der Waals surface area contributed by atoms with Gasteiger partial charge in [-0.1, -0.05) is 84.2 Å². The Kier molecular flexibility index (Phi) is 5.56. The monoisotopic (exact) mass is 380 g/mol. The number of hydrogen-bond donors (Lipinski definition) is 0. The highest BCUT2D eigenvalue weighted by atomic mass is 31.2. The molecule has 28 heavy (non-hydrogen) atoms. The van der Waals surface area contributed by atoms with Gasteiger partial charge >= 0.3 is 0 Å². The van der Waals surface area contributed by atoms with E-state index in [1.807, 2.05) is 0 Å². The van der Waals surface area contributed by atoms with Crippen LogP contribution < -0.4 is 15.9 Å². The molecule has 0 radical (unpaired) electrons. The fraction of sp³-hybridized carbons (Fsp3) is 0.115.